The molecule has 0 aromatic heterocycles. The Bertz CT molecular complexity index is 1760. The number of benzene rings is 6. The number of rotatable bonds is 6. The zero-order chi connectivity index (χ0) is 38.9. The summed E-state index contributed by atoms with van der Waals surface area (Å²) in [5.74, 6) is -0.705. The van der Waals surface area contributed by atoms with E-state index in [2.05, 4.69) is 80.4 Å². The molecule has 1 nitrogen and oxygen atoms in total. The van der Waals surface area contributed by atoms with Crippen molar-refractivity contribution in [3.8, 4) is 11.1 Å². The predicted octanol–water partition coefficient (Wildman–Crippen LogP) is 14.4. The van der Waals surface area contributed by atoms with Gasteiger partial charge in [0.1, 0.15) is 24.2 Å². The topological polar surface area (TPSA) is 17.1 Å². The Morgan fingerprint density at radius 2 is 0.827 bits per heavy atom. The van der Waals surface area contributed by atoms with Crippen LogP contribution >= 0.6 is 23.4 Å². The van der Waals surface area contributed by atoms with Gasteiger partial charge in [0.05, 0.1) is 10.9 Å². The molecule has 0 aliphatic rings. The molecule has 7 heteroatoms. The van der Waals surface area contributed by atoms with Gasteiger partial charge in [-0.05, 0) is 122 Å². The molecular formula is C45H45ClF3OS2+. The van der Waals surface area contributed by atoms with E-state index in [0.717, 1.165) is 25.1 Å². The summed E-state index contributed by atoms with van der Waals surface area (Å²) in [5.41, 5.74) is 3.49. The summed E-state index contributed by atoms with van der Waals surface area (Å²) >= 11 is 6.79. The molecule has 0 amide bonds. The smallest absolute Gasteiger partial charge is 0.166 e. The quantitative estimate of drug-likeness (QED) is 0.124. The van der Waals surface area contributed by atoms with Crippen LogP contribution in [0.15, 0.2) is 201 Å². The third-order valence-electron chi connectivity index (χ3n) is 6.37. The number of allylic oxidation sites excluding steroid dienone is 1. The van der Waals surface area contributed by atoms with E-state index in [-0.39, 0.29) is 17.5 Å². The molecule has 0 aliphatic carbocycles. The van der Waals surface area contributed by atoms with Gasteiger partial charge in [-0.1, -0.05) is 104 Å². The second-order valence-electron chi connectivity index (χ2n) is 10.1. The molecule has 6 aromatic carbocycles. The second-order valence-corrected chi connectivity index (χ2v) is 14.0. The van der Waals surface area contributed by atoms with Gasteiger partial charge in [-0.3, -0.25) is 0 Å². The summed E-state index contributed by atoms with van der Waals surface area (Å²) in [7, 11) is -0.453. The van der Waals surface area contributed by atoms with E-state index < -0.39 is 10.9 Å². The molecule has 0 saturated carbocycles. The molecule has 6 aromatic rings. The standard InChI is InChI=1S/C30H21F2S2.C7H7F.C3H5Cl.C2H6.C2H4.CH2O/c31-24-8-16-28(17-9-24)34(29-18-10-25(32)11-19-29)30-20-14-27(15-21-30)33-26-12-6-23(7-13-26)22-4-2-1-3-5-22;1-6-2-4-7(8)5-3-6;1-3(2)4;3*1-2/h1-21H;2-5H,1H3;1H2,2H3;1-2H3;1-2H2;1H2/q+1;;;;;. The van der Waals surface area contributed by atoms with Gasteiger partial charge in [0.2, 0.25) is 0 Å². The Balaban J connectivity index is 0.000000628. The maximum Gasteiger partial charge on any atom is 0.166 e. The minimum atomic E-state index is -0.453. The van der Waals surface area contributed by atoms with Crippen LogP contribution in [-0.2, 0) is 15.7 Å². The minimum Gasteiger partial charge on any atom is -0.307 e. The predicted molar refractivity (Wildman–Crippen MR) is 219 cm³/mol. The van der Waals surface area contributed by atoms with E-state index in [1.165, 1.54) is 52.4 Å². The van der Waals surface area contributed by atoms with Crippen LogP contribution in [0, 0.1) is 24.4 Å². The molecule has 0 atom stereocenters. The van der Waals surface area contributed by atoms with Crippen molar-refractivity contribution in [3.05, 3.63) is 199 Å². The summed E-state index contributed by atoms with van der Waals surface area (Å²) in [6, 6.07) is 46.9. The van der Waals surface area contributed by atoms with Crippen LogP contribution in [0.4, 0.5) is 13.2 Å². The average Bonchev–Trinajstić information content (AvgIpc) is 3.18. The van der Waals surface area contributed by atoms with Gasteiger partial charge >= 0.3 is 0 Å². The Kier molecular flexibility index (Phi) is 22.7. The van der Waals surface area contributed by atoms with Gasteiger partial charge < -0.3 is 4.79 Å². The Morgan fingerprint density at radius 1 is 0.538 bits per heavy atom. The van der Waals surface area contributed by atoms with E-state index in [1.54, 1.807) is 55.1 Å². The van der Waals surface area contributed by atoms with Gasteiger partial charge in [0.15, 0.2) is 14.7 Å². The summed E-state index contributed by atoms with van der Waals surface area (Å²) in [6.07, 6.45) is 0. The lowest BCUT2D eigenvalue weighted by Crippen LogP contribution is -2.05. The first kappa shape index (κ1) is 45.3. The summed E-state index contributed by atoms with van der Waals surface area (Å²) in [6.45, 7) is 19.0. The highest BCUT2D eigenvalue weighted by molar-refractivity contribution is 7.99. The Hall–Kier alpha value is -4.75. The highest BCUT2D eigenvalue weighted by atomic mass is 35.5. The lowest BCUT2D eigenvalue weighted by molar-refractivity contribution is -0.0980. The number of aryl methyl sites for hydroxylation is 1. The van der Waals surface area contributed by atoms with Crippen molar-refractivity contribution in [1.82, 2.24) is 0 Å². The van der Waals surface area contributed by atoms with Crippen molar-refractivity contribution < 1.29 is 18.0 Å². The molecule has 0 unspecified atom stereocenters. The highest BCUT2D eigenvalue weighted by Crippen LogP contribution is 2.35. The SMILES string of the molecule is C=C.C=C(C)Cl.C=O.CC.Cc1ccc(F)cc1.Fc1ccc([S+](c2ccc(F)cc2)c2ccc(Sc3ccc(-c4ccccc4)cc3)cc2)cc1. The zero-order valence-electron chi connectivity index (χ0n) is 30.0. The normalized spacial score (nSPS) is 9.40. The van der Waals surface area contributed by atoms with E-state index in [9.17, 15) is 13.2 Å². The third kappa shape index (κ3) is 16.5. The van der Waals surface area contributed by atoms with Crippen LogP contribution in [-0.4, -0.2) is 6.79 Å². The molecule has 52 heavy (non-hydrogen) atoms. The van der Waals surface area contributed by atoms with Crippen LogP contribution in [0.2, 0.25) is 0 Å². The van der Waals surface area contributed by atoms with Crippen LogP contribution < -0.4 is 0 Å². The minimum absolute atomic E-state index is 0.171. The summed E-state index contributed by atoms with van der Waals surface area (Å²) in [4.78, 5) is 13.4. The first-order valence-electron chi connectivity index (χ1n) is 16.2. The van der Waals surface area contributed by atoms with Crippen LogP contribution in [0.1, 0.15) is 26.3 Å². The van der Waals surface area contributed by atoms with Crippen LogP contribution in [0.5, 0.6) is 0 Å². The van der Waals surface area contributed by atoms with Gasteiger partial charge in [0.25, 0.3) is 0 Å². The van der Waals surface area contributed by atoms with Gasteiger partial charge in [-0.2, -0.15) is 0 Å². The molecule has 0 fully saturated rings. The van der Waals surface area contributed by atoms with Crippen molar-refractivity contribution in [2.75, 3.05) is 0 Å². The zero-order valence-corrected chi connectivity index (χ0v) is 32.4. The number of hydrogen-bond acceptors (Lipinski definition) is 2. The van der Waals surface area contributed by atoms with Gasteiger partial charge in [-0.15, -0.1) is 13.2 Å². The van der Waals surface area contributed by atoms with Crippen molar-refractivity contribution in [3.63, 3.8) is 0 Å². The molecule has 0 N–H and O–H groups in total. The van der Waals surface area contributed by atoms with Crippen LogP contribution in [0.3, 0.4) is 0 Å². The third-order valence-corrected chi connectivity index (χ3v) is 9.61. The van der Waals surface area contributed by atoms with Crippen LogP contribution in [0.25, 0.3) is 11.1 Å². The molecule has 270 valence electrons. The Labute approximate surface area is 320 Å². The number of halogens is 4. The maximum absolute atomic E-state index is 13.5. The van der Waals surface area contributed by atoms with Crippen molar-refractivity contribution in [1.29, 1.82) is 0 Å². The lowest BCUT2D eigenvalue weighted by atomic mass is 10.1. The molecule has 0 radical (unpaired) electrons. The molecule has 0 spiro atoms. The summed E-state index contributed by atoms with van der Waals surface area (Å²) in [5, 5.41) is 0.639. The monoisotopic (exact) mass is 757 g/mol. The van der Waals surface area contributed by atoms with Gasteiger partial charge in [0, 0.05) is 14.8 Å². The molecule has 0 aliphatic heterocycles. The number of carbonyl (C=O) groups excluding carboxylic acids is 1. The molecule has 6 rings (SSSR count). The molecular weight excluding hydrogens is 713 g/mol. The van der Waals surface area contributed by atoms with Crippen molar-refractivity contribution >= 4 is 41.0 Å². The highest BCUT2D eigenvalue weighted by Gasteiger charge is 2.28. The molecule has 0 bridgehead atoms. The first-order chi connectivity index (χ1) is 25.2. The fourth-order valence-electron chi connectivity index (χ4n) is 4.21. The first-order valence-corrected chi connectivity index (χ1v) is 18.6. The van der Waals surface area contributed by atoms with E-state index in [0.29, 0.717) is 5.03 Å². The largest absolute Gasteiger partial charge is 0.307 e. The fourth-order valence-corrected chi connectivity index (χ4v) is 7.07. The number of hydrogen-bond donors (Lipinski definition) is 0. The fraction of sp³-hybridized carbons (Fsp3) is 0.0889. The number of carbonyl (C=O) groups is 1. The van der Waals surface area contributed by atoms with E-state index in [1.807, 2.05) is 45.8 Å². The van der Waals surface area contributed by atoms with Crippen molar-refractivity contribution in [2.24, 2.45) is 0 Å². The van der Waals surface area contributed by atoms with Crippen molar-refractivity contribution in [2.45, 2.75) is 52.2 Å². The van der Waals surface area contributed by atoms with E-state index in [4.69, 9.17) is 16.4 Å². The average molecular weight is 758 g/mol. The van der Waals surface area contributed by atoms with Gasteiger partial charge in [-0.25, -0.2) is 13.2 Å². The molecule has 0 saturated heterocycles. The van der Waals surface area contributed by atoms with E-state index >= 15 is 0 Å². The summed E-state index contributed by atoms with van der Waals surface area (Å²) < 4.78 is 39.2. The maximum atomic E-state index is 13.5. The lowest BCUT2D eigenvalue weighted by Gasteiger charge is -2.09. The second kappa shape index (κ2) is 26.1. The molecule has 0 heterocycles. The Morgan fingerprint density at radius 3 is 1.17 bits per heavy atom.